The molecule has 0 aliphatic carbocycles. The van der Waals surface area contributed by atoms with E-state index in [9.17, 15) is 13.6 Å². The van der Waals surface area contributed by atoms with Gasteiger partial charge in [0.05, 0.1) is 11.7 Å². The largest absolute Gasteiger partial charge is 0.434 e. The summed E-state index contributed by atoms with van der Waals surface area (Å²) in [5, 5.41) is 16.6. The second-order valence-corrected chi connectivity index (χ2v) is 6.23. The molecule has 1 aromatic heterocycles. The number of nitrogens with one attached hydrogen (secondary N) is 2. The summed E-state index contributed by atoms with van der Waals surface area (Å²) in [4.78, 5) is 12.5. The summed E-state index contributed by atoms with van der Waals surface area (Å²) in [5.41, 5.74) is 2.65. The molecule has 0 bridgehead atoms. The molecule has 0 aliphatic heterocycles. The van der Waals surface area contributed by atoms with Crippen LogP contribution in [0.25, 0.3) is 5.69 Å². The highest BCUT2D eigenvalue weighted by Crippen LogP contribution is 2.28. The van der Waals surface area contributed by atoms with Gasteiger partial charge in [-0.15, -0.1) is 5.10 Å². The molecule has 1 heterocycles. The van der Waals surface area contributed by atoms with Gasteiger partial charge >= 0.3 is 12.6 Å². The fourth-order valence-corrected chi connectivity index (χ4v) is 2.90. The Balaban J connectivity index is 1.74. The molecule has 2 aromatic carbocycles. The fourth-order valence-electron chi connectivity index (χ4n) is 2.90. The minimum Gasteiger partial charge on any atom is -0.434 e. The van der Waals surface area contributed by atoms with Gasteiger partial charge in [0.15, 0.2) is 0 Å². The number of hydrogen-bond donors (Lipinski definition) is 2. The molecule has 10 heteroatoms. The number of anilines is 1. The Bertz CT molecular complexity index is 965. The highest BCUT2D eigenvalue weighted by molar-refractivity contribution is 5.90. The van der Waals surface area contributed by atoms with Crippen molar-refractivity contribution in [1.29, 1.82) is 0 Å². The molecule has 0 saturated heterocycles. The molecule has 0 radical (unpaired) electrons. The molecule has 2 N–H and O–H groups in total. The summed E-state index contributed by atoms with van der Waals surface area (Å²) in [6, 6.07) is 10.7. The second kappa shape index (κ2) is 9.09. The van der Waals surface area contributed by atoms with E-state index in [0.29, 0.717) is 17.7 Å². The molecule has 152 valence electrons. The van der Waals surface area contributed by atoms with E-state index < -0.39 is 18.7 Å². The van der Waals surface area contributed by atoms with Crippen LogP contribution in [0.4, 0.5) is 19.3 Å². The average molecular weight is 402 g/mol. The second-order valence-electron chi connectivity index (χ2n) is 6.23. The van der Waals surface area contributed by atoms with Gasteiger partial charge in [0.25, 0.3) is 0 Å². The highest BCUT2D eigenvalue weighted by atomic mass is 19.3. The Morgan fingerprint density at radius 3 is 2.72 bits per heavy atom. The lowest BCUT2D eigenvalue weighted by atomic mass is 10.0. The Hall–Kier alpha value is -3.56. The molecular weight excluding hydrogens is 382 g/mol. The number of tetrazole rings is 1. The first kappa shape index (κ1) is 20.2. The summed E-state index contributed by atoms with van der Waals surface area (Å²) in [6.07, 6.45) is 1.94. The van der Waals surface area contributed by atoms with E-state index in [4.69, 9.17) is 0 Å². The monoisotopic (exact) mass is 402 g/mol. The Labute approximate surface area is 165 Å². The maximum atomic E-state index is 12.7. The number of para-hydroxylation sites is 1. The van der Waals surface area contributed by atoms with E-state index in [0.717, 1.165) is 11.3 Å². The third kappa shape index (κ3) is 5.03. The molecule has 1 atom stereocenters. The lowest BCUT2D eigenvalue weighted by Crippen LogP contribution is -2.32. The number of carbonyl (C=O) groups is 1. The van der Waals surface area contributed by atoms with Gasteiger partial charge in [0.2, 0.25) is 0 Å². The van der Waals surface area contributed by atoms with Crippen molar-refractivity contribution in [1.82, 2.24) is 25.5 Å². The van der Waals surface area contributed by atoms with Crippen molar-refractivity contribution in [3.63, 3.8) is 0 Å². The van der Waals surface area contributed by atoms with E-state index in [-0.39, 0.29) is 5.75 Å². The molecule has 0 aliphatic rings. The topological polar surface area (TPSA) is 94.0 Å². The van der Waals surface area contributed by atoms with Crippen LogP contribution in [0.1, 0.15) is 30.5 Å². The summed E-state index contributed by atoms with van der Waals surface area (Å²) >= 11 is 0. The fraction of sp³-hybridized carbons (Fsp3) is 0.263. The predicted octanol–water partition coefficient (Wildman–Crippen LogP) is 3.84. The highest BCUT2D eigenvalue weighted by Gasteiger charge is 2.19. The van der Waals surface area contributed by atoms with Crippen LogP contribution in [0.2, 0.25) is 0 Å². The molecule has 0 saturated carbocycles. The lowest BCUT2D eigenvalue weighted by Gasteiger charge is -2.21. The first-order valence-electron chi connectivity index (χ1n) is 8.93. The van der Waals surface area contributed by atoms with Crippen LogP contribution < -0.4 is 15.4 Å². The number of hydrogen-bond acceptors (Lipinski definition) is 5. The van der Waals surface area contributed by atoms with Crippen molar-refractivity contribution in [3.05, 3.63) is 59.9 Å². The minimum atomic E-state index is -2.94. The first-order valence-corrected chi connectivity index (χ1v) is 8.93. The normalized spacial score (nSPS) is 11.9. The standard InChI is InChI=1S/C19H20F2N6O2/c1-3-15(14-6-4-5-7-17(14)29-18(20)21)24-19(28)23-13-9-8-12(2)16(10-13)27-11-22-25-26-27/h4-11,15,18H,3H2,1-2H3,(H2,23,24,28)/t15-/m1/s1. The van der Waals surface area contributed by atoms with Gasteiger partial charge in [-0.3, -0.25) is 0 Å². The van der Waals surface area contributed by atoms with Crippen LogP contribution >= 0.6 is 0 Å². The average Bonchev–Trinajstić information content (AvgIpc) is 3.22. The number of benzene rings is 2. The molecule has 0 unspecified atom stereocenters. The zero-order valence-corrected chi connectivity index (χ0v) is 15.8. The number of rotatable bonds is 7. The molecule has 0 fully saturated rings. The molecule has 3 aromatic rings. The molecule has 0 spiro atoms. The summed E-state index contributed by atoms with van der Waals surface area (Å²) in [5.74, 6) is 0.0333. The number of carbonyl (C=O) groups excluding carboxylic acids is 1. The van der Waals surface area contributed by atoms with Gasteiger partial charge in [-0.25, -0.2) is 9.48 Å². The van der Waals surface area contributed by atoms with Crippen LogP contribution in [0.5, 0.6) is 5.75 Å². The van der Waals surface area contributed by atoms with Crippen molar-refractivity contribution in [3.8, 4) is 11.4 Å². The van der Waals surface area contributed by atoms with Crippen LogP contribution in [-0.2, 0) is 0 Å². The summed E-state index contributed by atoms with van der Waals surface area (Å²) in [6.45, 7) is 0.791. The third-order valence-electron chi connectivity index (χ3n) is 4.29. The zero-order chi connectivity index (χ0) is 20.8. The van der Waals surface area contributed by atoms with E-state index in [1.807, 2.05) is 19.9 Å². The maximum Gasteiger partial charge on any atom is 0.387 e. The van der Waals surface area contributed by atoms with Gasteiger partial charge in [-0.05, 0) is 47.5 Å². The number of aryl methyl sites for hydroxylation is 1. The number of alkyl halides is 2. The van der Waals surface area contributed by atoms with Crippen LogP contribution in [-0.4, -0.2) is 32.8 Å². The Morgan fingerprint density at radius 2 is 2.03 bits per heavy atom. The molecule has 3 rings (SSSR count). The van der Waals surface area contributed by atoms with Crippen molar-refractivity contribution in [2.24, 2.45) is 0 Å². The predicted molar refractivity (Wildman–Crippen MR) is 102 cm³/mol. The van der Waals surface area contributed by atoms with Gasteiger partial charge in [-0.1, -0.05) is 31.2 Å². The number of ether oxygens (including phenoxy) is 1. The number of urea groups is 1. The number of amides is 2. The van der Waals surface area contributed by atoms with Gasteiger partial charge in [-0.2, -0.15) is 8.78 Å². The smallest absolute Gasteiger partial charge is 0.387 e. The van der Waals surface area contributed by atoms with Crippen molar-refractivity contribution in [2.75, 3.05) is 5.32 Å². The van der Waals surface area contributed by atoms with Gasteiger partial charge < -0.3 is 15.4 Å². The van der Waals surface area contributed by atoms with E-state index in [2.05, 4.69) is 30.9 Å². The van der Waals surface area contributed by atoms with Crippen molar-refractivity contribution < 1.29 is 18.3 Å². The molecule has 2 amide bonds. The number of halogens is 2. The molecule has 29 heavy (non-hydrogen) atoms. The summed E-state index contributed by atoms with van der Waals surface area (Å²) < 4.78 is 31.4. The summed E-state index contributed by atoms with van der Waals surface area (Å²) in [7, 11) is 0. The number of nitrogens with zero attached hydrogens (tertiary/aromatic N) is 4. The Morgan fingerprint density at radius 1 is 1.24 bits per heavy atom. The van der Waals surface area contributed by atoms with Crippen LogP contribution in [0.15, 0.2) is 48.8 Å². The van der Waals surface area contributed by atoms with Gasteiger partial charge in [0.1, 0.15) is 12.1 Å². The van der Waals surface area contributed by atoms with E-state index in [1.165, 1.54) is 17.1 Å². The van der Waals surface area contributed by atoms with Crippen molar-refractivity contribution >= 4 is 11.7 Å². The number of aromatic nitrogens is 4. The van der Waals surface area contributed by atoms with E-state index in [1.54, 1.807) is 30.3 Å². The first-order chi connectivity index (χ1) is 14.0. The van der Waals surface area contributed by atoms with Crippen molar-refractivity contribution in [2.45, 2.75) is 32.9 Å². The molecule has 8 nitrogen and oxygen atoms in total. The third-order valence-corrected chi connectivity index (χ3v) is 4.29. The van der Waals surface area contributed by atoms with E-state index >= 15 is 0 Å². The quantitative estimate of drug-likeness (QED) is 0.626. The molecular formula is C19H20F2N6O2. The Kier molecular flexibility index (Phi) is 6.32. The SMILES string of the molecule is CC[C@@H](NC(=O)Nc1ccc(C)c(-n2cnnn2)c1)c1ccccc1OC(F)F. The van der Waals surface area contributed by atoms with Gasteiger partial charge in [0, 0.05) is 11.3 Å². The minimum absolute atomic E-state index is 0.0333. The van der Waals surface area contributed by atoms with Crippen LogP contribution in [0, 0.1) is 6.92 Å². The zero-order valence-electron chi connectivity index (χ0n) is 15.8. The van der Waals surface area contributed by atoms with Crippen LogP contribution in [0.3, 0.4) is 0 Å². The lowest BCUT2D eigenvalue weighted by molar-refractivity contribution is -0.0506. The maximum absolute atomic E-state index is 12.7.